The van der Waals surface area contributed by atoms with Crippen LogP contribution in [0.3, 0.4) is 0 Å². The van der Waals surface area contributed by atoms with Crippen molar-refractivity contribution >= 4 is 5.91 Å². The predicted molar refractivity (Wildman–Crippen MR) is 133 cm³/mol. The molecule has 5 heteroatoms. The summed E-state index contributed by atoms with van der Waals surface area (Å²) < 4.78 is 0. The van der Waals surface area contributed by atoms with Crippen molar-refractivity contribution in [2.24, 2.45) is 40.4 Å². The van der Waals surface area contributed by atoms with E-state index in [1.807, 2.05) is 0 Å². The van der Waals surface area contributed by atoms with E-state index in [9.17, 15) is 15.0 Å². The van der Waals surface area contributed by atoms with Crippen molar-refractivity contribution in [3.63, 3.8) is 0 Å². The van der Waals surface area contributed by atoms with Crippen molar-refractivity contribution in [3.05, 3.63) is 11.6 Å². The number of amides is 1. The lowest BCUT2D eigenvalue weighted by molar-refractivity contribution is -0.231. The summed E-state index contributed by atoms with van der Waals surface area (Å²) in [6, 6.07) is 0. The Morgan fingerprint density at radius 2 is 1.94 bits per heavy atom. The number of allylic oxidation sites excluding steroid dienone is 1. The lowest BCUT2D eigenvalue weighted by atomic mass is 9.47. The smallest absolute Gasteiger partial charge is 0.246 e. The van der Waals surface area contributed by atoms with E-state index < -0.39 is 5.60 Å². The Labute approximate surface area is 206 Å². The molecule has 1 saturated heterocycles. The highest BCUT2D eigenvalue weighted by Crippen LogP contribution is 2.67. The minimum absolute atomic E-state index is 0.0723. The number of carbonyl (C=O) groups is 1. The number of rotatable bonds is 4. The van der Waals surface area contributed by atoms with E-state index in [0.717, 1.165) is 43.4 Å². The molecule has 5 rings (SSSR count). The van der Waals surface area contributed by atoms with Gasteiger partial charge < -0.3 is 10.2 Å². The standard InChI is InChI=1S/C29H47NO4/c1-19(5-10-26(32)30-16-15-27(2,33)18-34-30)23-8-9-24-22-7-6-20-17-21(31)11-13-28(20,3)25(22)12-14-29(23,24)4/h6,19,21-25,31,33H,5,7-18H2,1-4H3/t19?,21-,22-,23+,24-,25-,27-,28-,29+/m0/s1. The van der Waals surface area contributed by atoms with Gasteiger partial charge in [0.15, 0.2) is 0 Å². The molecule has 0 radical (unpaired) electrons. The number of nitrogens with zero attached hydrogens (tertiary/aromatic N) is 1. The molecular weight excluding hydrogens is 426 g/mol. The van der Waals surface area contributed by atoms with E-state index in [1.165, 1.54) is 37.2 Å². The minimum Gasteiger partial charge on any atom is -0.393 e. The van der Waals surface area contributed by atoms with Gasteiger partial charge in [-0.1, -0.05) is 32.4 Å². The van der Waals surface area contributed by atoms with Crippen LogP contribution in [0.15, 0.2) is 11.6 Å². The van der Waals surface area contributed by atoms with Gasteiger partial charge in [-0.25, -0.2) is 5.06 Å². The number of carbonyl (C=O) groups excluding carboxylic acids is 1. The second-order valence-corrected chi connectivity index (χ2v) is 13.4. The Morgan fingerprint density at radius 3 is 2.68 bits per heavy atom. The Morgan fingerprint density at radius 1 is 1.15 bits per heavy atom. The van der Waals surface area contributed by atoms with Crippen molar-refractivity contribution in [1.29, 1.82) is 0 Å². The first kappa shape index (κ1) is 24.8. The van der Waals surface area contributed by atoms with Gasteiger partial charge in [0.25, 0.3) is 0 Å². The van der Waals surface area contributed by atoms with Crippen LogP contribution in [-0.4, -0.2) is 46.0 Å². The van der Waals surface area contributed by atoms with E-state index >= 15 is 0 Å². The highest BCUT2D eigenvalue weighted by molar-refractivity contribution is 5.75. The summed E-state index contributed by atoms with van der Waals surface area (Å²) in [4.78, 5) is 18.3. The highest BCUT2D eigenvalue weighted by Gasteiger charge is 2.59. The average Bonchev–Trinajstić information content (AvgIpc) is 3.15. The highest BCUT2D eigenvalue weighted by atomic mass is 16.7. The van der Waals surface area contributed by atoms with Gasteiger partial charge in [0.2, 0.25) is 5.91 Å². The van der Waals surface area contributed by atoms with Gasteiger partial charge in [-0.15, -0.1) is 0 Å². The summed E-state index contributed by atoms with van der Waals surface area (Å²) in [5.74, 6) is 3.67. The maximum atomic E-state index is 12.8. The van der Waals surface area contributed by atoms with Crippen LogP contribution in [0.2, 0.25) is 0 Å². The number of hydroxylamine groups is 2. The lowest BCUT2D eigenvalue weighted by Crippen LogP contribution is -2.50. The summed E-state index contributed by atoms with van der Waals surface area (Å²) in [7, 11) is 0. The SMILES string of the molecule is CC(CCC(=O)N1CC[C@](C)(O)CO1)[C@H]1CC[C@H]2[C@@H]3CC=C4C[C@@H](O)CC[C@]4(C)[C@H]3CC[C@]12C. The topological polar surface area (TPSA) is 70.0 Å². The van der Waals surface area contributed by atoms with Gasteiger partial charge in [-0.05, 0) is 112 Å². The molecule has 2 N–H and O–H groups in total. The monoisotopic (exact) mass is 473 g/mol. The van der Waals surface area contributed by atoms with E-state index in [-0.39, 0.29) is 18.6 Å². The molecule has 9 atom stereocenters. The summed E-state index contributed by atoms with van der Waals surface area (Å²) >= 11 is 0. The summed E-state index contributed by atoms with van der Waals surface area (Å²) in [6.07, 6.45) is 13.9. The summed E-state index contributed by atoms with van der Waals surface area (Å²) in [5.41, 5.74) is 1.43. The molecule has 0 spiro atoms. The summed E-state index contributed by atoms with van der Waals surface area (Å²) in [6.45, 7) is 9.91. The molecule has 0 aromatic rings. The third-order valence-corrected chi connectivity index (χ3v) is 11.3. The van der Waals surface area contributed by atoms with Gasteiger partial charge in [0.1, 0.15) is 6.61 Å². The predicted octanol–water partition coefficient (Wildman–Crippen LogP) is 5.26. The minimum atomic E-state index is -0.820. The van der Waals surface area contributed by atoms with E-state index in [4.69, 9.17) is 4.84 Å². The second-order valence-electron chi connectivity index (χ2n) is 13.4. The van der Waals surface area contributed by atoms with E-state index in [1.54, 1.807) is 12.5 Å². The second kappa shape index (κ2) is 8.88. The van der Waals surface area contributed by atoms with Crippen LogP contribution < -0.4 is 0 Å². The third kappa shape index (κ3) is 4.18. The first-order chi connectivity index (χ1) is 16.0. The number of hydrogen-bond donors (Lipinski definition) is 2. The molecule has 0 bridgehead atoms. The van der Waals surface area contributed by atoms with Gasteiger partial charge in [-0.3, -0.25) is 9.63 Å². The zero-order valence-electron chi connectivity index (χ0n) is 21.9. The molecule has 0 aromatic heterocycles. The molecule has 4 fully saturated rings. The maximum Gasteiger partial charge on any atom is 0.246 e. The van der Waals surface area contributed by atoms with Crippen LogP contribution in [-0.2, 0) is 9.63 Å². The molecule has 0 aromatic carbocycles. The van der Waals surface area contributed by atoms with Crippen LogP contribution in [0.4, 0.5) is 0 Å². The molecule has 1 heterocycles. The van der Waals surface area contributed by atoms with Gasteiger partial charge >= 0.3 is 0 Å². The zero-order valence-corrected chi connectivity index (χ0v) is 21.9. The van der Waals surface area contributed by atoms with Crippen molar-refractivity contribution in [3.8, 4) is 0 Å². The molecule has 1 unspecified atom stereocenters. The first-order valence-electron chi connectivity index (χ1n) is 14.1. The lowest BCUT2D eigenvalue weighted by Gasteiger charge is -2.58. The Hall–Kier alpha value is -0.910. The average molecular weight is 474 g/mol. The van der Waals surface area contributed by atoms with Crippen molar-refractivity contribution in [2.75, 3.05) is 13.2 Å². The molecule has 5 aliphatic rings. The van der Waals surface area contributed by atoms with Crippen molar-refractivity contribution in [1.82, 2.24) is 5.06 Å². The molecule has 3 saturated carbocycles. The van der Waals surface area contributed by atoms with Gasteiger partial charge in [0, 0.05) is 6.42 Å². The molecule has 4 aliphatic carbocycles. The maximum absolute atomic E-state index is 12.8. The zero-order chi connectivity index (χ0) is 24.3. The fraction of sp³-hybridized carbons (Fsp3) is 0.897. The quantitative estimate of drug-likeness (QED) is 0.547. The van der Waals surface area contributed by atoms with Crippen LogP contribution in [0.1, 0.15) is 98.3 Å². The largest absolute Gasteiger partial charge is 0.393 e. The molecular formula is C29H47NO4. The van der Waals surface area contributed by atoms with Gasteiger partial charge in [-0.2, -0.15) is 0 Å². The van der Waals surface area contributed by atoms with Crippen molar-refractivity contribution in [2.45, 2.75) is 110 Å². The molecule has 192 valence electrons. The number of aliphatic hydroxyl groups excluding tert-OH is 1. The number of aliphatic hydroxyl groups is 2. The Bertz CT molecular complexity index is 813. The number of hydrogen-bond acceptors (Lipinski definition) is 4. The fourth-order valence-corrected chi connectivity index (χ4v) is 9.19. The molecule has 1 amide bonds. The third-order valence-electron chi connectivity index (χ3n) is 11.3. The first-order valence-corrected chi connectivity index (χ1v) is 14.1. The van der Waals surface area contributed by atoms with Crippen molar-refractivity contribution < 1.29 is 19.8 Å². The summed E-state index contributed by atoms with van der Waals surface area (Å²) in [5, 5.41) is 21.8. The van der Waals surface area contributed by atoms with E-state index in [2.05, 4.69) is 26.8 Å². The van der Waals surface area contributed by atoms with Crippen LogP contribution in [0.5, 0.6) is 0 Å². The van der Waals surface area contributed by atoms with Crippen LogP contribution >= 0.6 is 0 Å². The molecule has 34 heavy (non-hydrogen) atoms. The Balaban J connectivity index is 1.22. The van der Waals surface area contributed by atoms with E-state index in [0.29, 0.717) is 42.1 Å². The normalized spacial score (nSPS) is 47.3. The van der Waals surface area contributed by atoms with Gasteiger partial charge in [0.05, 0.1) is 18.2 Å². The van der Waals surface area contributed by atoms with Crippen LogP contribution in [0, 0.1) is 40.4 Å². The fourth-order valence-electron chi connectivity index (χ4n) is 9.19. The number of fused-ring (bicyclic) bond motifs is 5. The van der Waals surface area contributed by atoms with Crippen LogP contribution in [0.25, 0.3) is 0 Å². The Kier molecular flexibility index (Phi) is 6.47. The molecule has 1 aliphatic heterocycles. The molecule has 5 nitrogen and oxygen atoms in total.